The van der Waals surface area contributed by atoms with Gasteiger partial charge in [0.1, 0.15) is 0 Å². The van der Waals surface area contributed by atoms with Crippen LogP contribution in [0.4, 0.5) is 0 Å². The second-order valence-electron chi connectivity index (χ2n) is 0.877. The highest BCUT2D eigenvalue weighted by molar-refractivity contribution is 5.62. The fraction of sp³-hybridized carbons (Fsp3) is 0.667. The van der Waals surface area contributed by atoms with Crippen LogP contribution < -0.4 is 0 Å². The molecule has 0 aromatic carbocycles. The van der Waals surface area contributed by atoms with Gasteiger partial charge in [-0.1, -0.05) is 0 Å². The van der Waals surface area contributed by atoms with E-state index in [4.69, 9.17) is 0 Å². The van der Waals surface area contributed by atoms with Gasteiger partial charge in [-0.05, 0) is 0 Å². The zero-order valence-electron chi connectivity index (χ0n) is 2.44. The number of hydrogen-bond donors (Lipinski definition) is 0. The van der Waals surface area contributed by atoms with Crippen molar-refractivity contribution < 1.29 is 0 Å². The molecule has 0 N–H and O–H groups in total. The Morgan fingerprint density at radius 2 is 2.00 bits per heavy atom. The molecule has 0 bridgehead atoms. The summed E-state index contributed by atoms with van der Waals surface area (Å²) in [7, 11) is 0. The van der Waals surface area contributed by atoms with Crippen molar-refractivity contribution in [3.8, 4) is 0 Å². The molecular formula is C3H5N. The van der Waals surface area contributed by atoms with Crippen LogP contribution in [0.2, 0.25) is 0 Å². The third-order valence-electron chi connectivity index (χ3n) is 0.516. The van der Waals surface area contributed by atoms with E-state index >= 15 is 0 Å². The fourth-order valence-electron chi connectivity index (χ4n) is 0.129. The number of aliphatic imine (C=N–C) groups is 1. The summed E-state index contributed by atoms with van der Waals surface area (Å²) in [5.74, 6) is 0. The van der Waals surface area contributed by atoms with E-state index in [1.54, 1.807) is 0 Å². The van der Waals surface area contributed by atoms with Gasteiger partial charge in [0.2, 0.25) is 0 Å². The minimum atomic E-state index is 1.07. The van der Waals surface area contributed by atoms with Gasteiger partial charge in [0.15, 0.2) is 0 Å². The van der Waals surface area contributed by atoms with Gasteiger partial charge >= 0.3 is 0 Å². The van der Waals surface area contributed by atoms with E-state index in [0.29, 0.717) is 0 Å². The summed E-state index contributed by atoms with van der Waals surface area (Å²) >= 11 is 0. The van der Waals surface area contributed by atoms with Crippen molar-refractivity contribution in [2.24, 2.45) is 4.99 Å². The standard InChI is InChI=1S/C3H5N/c1-2-4-3-1/h2H,1,3H2. The minimum Gasteiger partial charge on any atom is -0.297 e. The molecule has 0 radical (unpaired) electrons. The van der Waals surface area contributed by atoms with Gasteiger partial charge in [-0.15, -0.1) is 0 Å². The topological polar surface area (TPSA) is 12.4 Å². The van der Waals surface area contributed by atoms with Crippen LogP contribution in [0.1, 0.15) is 6.42 Å². The summed E-state index contributed by atoms with van der Waals surface area (Å²) in [4.78, 5) is 3.79. The molecule has 1 nitrogen and oxygen atoms in total. The number of hydrogen-bond acceptors (Lipinski definition) is 1. The Hall–Kier alpha value is -0.330. The molecule has 1 heterocycles. The molecule has 0 saturated heterocycles. The van der Waals surface area contributed by atoms with Gasteiger partial charge in [0.25, 0.3) is 0 Å². The summed E-state index contributed by atoms with van der Waals surface area (Å²) < 4.78 is 0. The van der Waals surface area contributed by atoms with Crippen LogP contribution in [-0.4, -0.2) is 12.8 Å². The SMILES string of the molecule is C1=NCC1. The highest BCUT2D eigenvalue weighted by atomic mass is 14.7. The van der Waals surface area contributed by atoms with Crippen molar-refractivity contribution in [1.29, 1.82) is 0 Å². The van der Waals surface area contributed by atoms with Gasteiger partial charge in [0.05, 0.1) is 0 Å². The third kappa shape index (κ3) is 0.0557. The van der Waals surface area contributed by atoms with Crippen molar-refractivity contribution in [2.75, 3.05) is 6.54 Å². The Labute approximate surface area is 25.4 Å². The Bertz CT molecular complexity index is 32.5. The van der Waals surface area contributed by atoms with Gasteiger partial charge in [-0.2, -0.15) is 0 Å². The number of nitrogens with zero attached hydrogens (tertiary/aromatic N) is 1. The van der Waals surface area contributed by atoms with Crippen LogP contribution in [0.3, 0.4) is 0 Å². The van der Waals surface area contributed by atoms with Crippen LogP contribution in [0.15, 0.2) is 4.99 Å². The van der Waals surface area contributed by atoms with Gasteiger partial charge in [-0.3, -0.25) is 4.99 Å². The normalized spacial score (nSPS) is 20.0. The maximum Gasteiger partial charge on any atom is 0.0434 e. The molecule has 0 fully saturated rings. The smallest absolute Gasteiger partial charge is 0.0434 e. The maximum absolute atomic E-state index is 3.79. The zero-order chi connectivity index (χ0) is 2.83. The summed E-state index contributed by atoms with van der Waals surface area (Å²) in [6.45, 7) is 1.07. The van der Waals surface area contributed by atoms with E-state index in [1.165, 1.54) is 6.42 Å². The lowest BCUT2D eigenvalue weighted by molar-refractivity contribution is 0.978. The summed E-state index contributed by atoms with van der Waals surface area (Å²) in [6.07, 6.45) is 3.14. The molecular weight excluding hydrogens is 50.0 g/mol. The van der Waals surface area contributed by atoms with Crippen LogP contribution in [0, 0.1) is 0 Å². The molecule has 0 amide bonds. The molecule has 0 atom stereocenters. The molecule has 22 valence electrons. The molecule has 0 unspecified atom stereocenters. The molecule has 0 spiro atoms. The minimum absolute atomic E-state index is 1.07. The quantitative estimate of drug-likeness (QED) is 0.381. The Kier molecular flexibility index (Phi) is 0.268. The van der Waals surface area contributed by atoms with E-state index in [2.05, 4.69) is 4.99 Å². The average molecular weight is 55.1 g/mol. The summed E-state index contributed by atoms with van der Waals surface area (Å²) in [5, 5.41) is 0. The Morgan fingerprint density at radius 1 is 1.75 bits per heavy atom. The van der Waals surface area contributed by atoms with Gasteiger partial charge in [0, 0.05) is 19.2 Å². The zero-order valence-corrected chi connectivity index (χ0v) is 2.44. The first-order valence-electron chi connectivity index (χ1n) is 1.48. The van der Waals surface area contributed by atoms with Gasteiger partial charge in [-0.25, -0.2) is 0 Å². The van der Waals surface area contributed by atoms with Crippen LogP contribution in [0.25, 0.3) is 0 Å². The predicted octanol–water partition coefficient (Wildman–Crippen LogP) is 0.461. The van der Waals surface area contributed by atoms with Gasteiger partial charge < -0.3 is 0 Å². The predicted molar refractivity (Wildman–Crippen MR) is 18.0 cm³/mol. The van der Waals surface area contributed by atoms with Crippen molar-refractivity contribution >= 4 is 6.21 Å². The maximum atomic E-state index is 3.79. The van der Waals surface area contributed by atoms with Crippen molar-refractivity contribution in [3.63, 3.8) is 0 Å². The molecule has 1 heteroatoms. The van der Waals surface area contributed by atoms with E-state index in [9.17, 15) is 0 Å². The largest absolute Gasteiger partial charge is 0.297 e. The van der Waals surface area contributed by atoms with E-state index < -0.39 is 0 Å². The van der Waals surface area contributed by atoms with Crippen LogP contribution in [0.5, 0.6) is 0 Å². The molecule has 4 heavy (non-hydrogen) atoms. The second-order valence-corrected chi connectivity index (χ2v) is 0.877. The molecule has 1 rings (SSSR count). The number of rotatable bonds is 0. The molecule has 0 aromatic heterocycles. The highest BCUT2D eigenvalue weighted by Crippen LogP contribution is 1.84. The monoisotopic (exact) mass is 55.0 g/mol. The fourth-order valence-corrected chi connectivity index (χ4v) is 0.129. The van der Waals surface area contributed by atoms with E-state index in [-0.39, 0.29) is 0 Å². The lowest BCUT2D eigenvalue weighted by Crippen LogP contribution is -1.91. The highest BCUT2D eigenvalue weighted by Gasteiger charge is 1.82. The first-order chi connectivity index (χ1) is 2.00. The Balaban J connectivity index is 2.47. The van der Waals surface area contributed by atoms with E-state index in [0.717, 1.165) is 6.54 Å². The van der Waals surface area contributed by atoms with Crippen molar-refractivity contribution in [3.05, 3.63) is 0 Å². The molecule has 1 aliphatic heterocycles. The summed E-state index contributed by atoms with van der Waals surface area (Å²) in [6, 6.07) is 0. The molecule has 0 aromatic rings. The lowest BCUT2D eigenvalue weighted by atomic mass is 10.4. The average Bonchev–Trinajstić information content (AvgIpc) is 0.722. The van der Waals surface area contributed by atoms with Crippen molar-refractivity contribution in [1.82, 2.24) is 0 Å². The van der Waals surface area contributed by atoms with Crippen LogP contribution in [-0.2, 0) is 0 Å². The van der Waals surface area contributed by atoms with E-state index in [1.807, 2.05) is 6.21 Å². The molecule has 0 aliphatic carbocycles. The van der Waals surface area contributed by atoms with Crippen LogP contribution >= 0.6 is 0 Å². The second kappa shape index (κ2) is 0.553. The Morgan fingerprint density at radius 3 is 2.00 bits per heavy atom. The first kappa shape index (κ1) is 1.94. The summed E-state index contributed by atoms with van der Waals surface area (Å²) in [5.41, 5.74) is 0. The molecule has 0 saturated carbocycles. The third-order valence-corrected chi connectivity index (χ3v) is 0.516. The van der Waals surface area contributed by atoms with Crippen molar-refractivity contribution in [2.45, 2.75) is 6.42 Å². The first-order valence-corrected chi connectivity index (χ1v) is 1.48. The molecule has 1 aliphatic rings. The lowest BCUT2D eigenvalue weighted by Gasteiger charge is -1.92.